The van der Waals surface area contributed by atoms with Gasteiger partial charge in [0.25, 0.3) is 11.0 Å². The molecule has 268 valence electrons. The van der Waals surface area contributed by atoms with E-state index in [1.165, 1.54) is 0 Å². The highest BCUT2D eigenvalue weighted by Crippen LogP contribution is 2.31. The number of esters is 1. The van der Waals surface area contributed by atoms with E-state index < -0.39 is 11.1 Å². The molecule has 0 atom stereocenters. The molecule has 0 spiro atoms. The number of fused-ring (bicyclic) bond motifs is 2. The van der Waals surface area contributed by atoms with Gasteiger partial charge in [-0.05, 0) is 85.2 Å². The van der Waals surface area contributed by atoms with Crippen LogP contribution in [0.25, 0.3) is 44.6 Å². The number of carbonyl (C=O) groups is 2. The molecule has 0 saturated heterocycles. The second-order valence-electron chi connectivity index (χ2n) is 12.8. The maximum atomic E-state index is 13.2. The van der Waals surface area contributed by atoms with E-state index in [0.29, 0.717) is 31.4 Å². The number of para-hydroxylation sites is 2. The van der Waals surface area contributed by atoms with Gasteiger partial charge in [-0.2, -0.15) is 0 Å². The molecular formula is C40H42N6O6. The lowest BCUT2D eigenvalue weighted by molar-refractivity contribution is -0.757. The van der Waals surface area contributed by atoms with Crippen LogP contribution in [-0.4, -0.2) is 55.8 Å². The average Bonchev–Trinajstić information content (AvgIpc) is 3.67. The van der Waals surface area contributed by atoms with E-state index in [1.54, 1.807) is 12.1 Å². The molecule has 0 unspecified atom stereocenters. The lowest BCUT2D eigenvalue weighted by Crippen LogP contribution is -2.31. The summed E-state index contributed by atoms with van der Waals surface area (Å²) in [7, 11) is 2.05. The van der Waals surface area contributed by atoms with Crippen molar-refractivity contribution in [3.63, 3.8) is 0 Å². The number of amides is 1. The van der Waals surface area contributed by atoms with Crippen molar-refractivity contribution < 1.29 is 24.3 Å². The lowest BCUT2D eigenvalue weighted by atomic mass is 9.98. The van der Waals surface area contributed by atoms with Crippen LogP contribution in [0.1, 0.15) is 59.9 Å². The molecule has 0 radical (unpaired) electrons. The fraction of sp³-hybridized carbons (Fsp3) is 0.300. The minimum atomic E-state index is -0.829. The zero-order chi connectivity index (χ0) is 36.6. The van der Waals surface area contributed by atoms with Crippen molar-refractivity contribution in [3.05, 3.63) is 118 Å². The van der Waals surface area contributed by atoms with E-state index in [9.17, 15) is 19.7 Å². The fourth-order valence-electron chi connectivity index (χ4n) is 6.47. The molecule has 0 bridgehead atoms. The van der Waals surface area contributed by atoms with Crippen LogP contribution in [0.2, 0.25) is 0 Å². The summed E-state index contributed by atoms with van der Waals surface area (Å²) in [6.45, 7) is 4.80. The van der Waals surface area contributed by atoms with Gasteiger partial charge in [-0.15, -0.1) is 10.1 Å². The largest absolute Gasteiger partial charge is 0.464 e. The molecule has 1 amide bonds. The maximum Gasteiger partial charge on any atom is 0.325 e. The smallest absolute Gasteiger partial charge is 0.325 e. The summed E-state index contributed by atoms with van der Waals surface area (Å²) in [6, 6.07) is 28.0. The molecule has 52 heavy (non-hydrogen) atoms. The van der Waals surface area contributed by atoms with Crippen LogP contribution in [0.15, 0.2) is 84.9 Å². The number of nitrogens with zero attached hydrogens (tertiary/aromatic N) is 5. The van der Waals surface area contributed by atoms with Crippen LogP contribution >= 0.6 is 0 Å². The Morgan fingerprint density at radius 3 is 2.40 bits per heavy atom. The first-order chi connectivity index (χ1) is 25.2. The highest BCUT2D eigenvalue weighted by atomic mass is 16.9. The van der Waals surface area contributed by atoms with Gasteiger partial charge in [0.15, 0.2) is 0 Å². The van der Waals surface area contributed by atoms with Crippen molar-refractivity contribution in [2.75, 3.05) is 19.8 Å². The van der Waals surface area contributed by atoms with Crippen molar-refractivity contribution in [1.82, 2.24) is 24.4 Å². The minimum absolute atomic E-state index is 0.00653. The summed E-state index contributed by atoms with van der Waals surface area (Å²) >= 11 is 0. The van der Waals surface area contributed by atoms with Crippen molar-refractivity contribution >= 4 is 33.9 Å². The predicted molar refractivity (Wildman–Crippen MR) is 199 cm³/mol. The Kier molecular flexibility index (Phi) is 11.2. The van der Waals surface area contributed by atoms with E-state index in [4.69, 9.17) is 14.7 Å². The average molecular weight is 703 g/mol. The molecule has 4 aromatic carbocycles. The topological polar surface area (TPSA) is 143 Å². The number of hydrogen-bond donors (Lipinski definition) is 1. The zero-order valence-electron chi connectivity index (χ0n) is 29.6. The van der Waals surface area contributed by atoms with Crippen molar-refractivity contribution in [2.24, 2.45) is 7.05 Å². The number of aromatic nitrogens is 4. The fourth-order valence-corrected chi connectivity index (χ4v) is 6.47. The monoisotopic (exact) mass is 702 g/mol. The number of hydrogen-bond acceptors (Lipinski definition) is 8. The van der Waals surface area contributed by atoms with Crippen LogP contribution in [-0.2, 0) is 34.4 Å². The van der Waals surface area contributed by atoms with Crippen molar-refractivity contribution in [1.29, 1.82) is 0 Å². The molecular weight excluding hydrogens is 660 g/mol. The van der Waals surface area contributed by atoms with Gasteiger partial charge >= 0.3 is 5.97 Å². The third-order valence-electron chi connectivity index (χ3n) is 9.06. The van der Waals surface area contributed by atoms with Crippen LogP contribution < -0.4 is 5.32 Å². The van der Waals surface area contributed by atoms with Crippen molar-refractivity contribution in [3.8, 4) is 22.5 Å². The maximum absolute atomic E-state index is 13.2. The Hall–Kier alpha value is -6.04. The summed E-state index contributed by atoms with van der Waals surface area (Å²) in [5.41, 5.74) is 9.43. The number of nitrogens with one attached hydrogen (secondary N) is 1. The molecule has 0 saturated carbocycles. The normalized spacial score (nSPS) is 11.2. The van der Waals surface area contributed by atoms with Gasteiger partial charge in [-0.3, -0.25) is 9.59 Å². The molecule has 12 heteroatoms. The molecule has 1 N–H and O–H groups in total. The van der Waals surface area contributed by atoms with Crippen LogP contribution in [0, 0.1) is 17.0 Å². The van der Waals surface area contributed by atoms with Gasteiger partial charge in [-0.25, -0.2) is 9.97 Å². The molecule has 2 heterocycles. The molecule has 0 aliphatic carbocycles. The molecule has 0 fully saturated rings. The van der Waals surface area contributed by atoms with Crippen molar-refractivity contribution in [2.45, 2.75) is 52.5 Å². The van der Waals surface area contributed by atoms with Gasteiger partial charge < -0.3 is 24.0 Å². The van der Waals surface area contributed by atoms with Gasteiger partial charge in [0, 0.05) is 31.1 Å². The second kappa shape index (κ2) is 16.3. The highest BCUT2D eigenvalue weighted by Gasteiger charge is 2.18. The number of ether oxygens (including phenoxy) is 1. The van der Waals surface area contributed by atoms with E-state index in [-0.39, 0.29) is 25.7 Å². The van der Waals surface area contributed by atoms with Crippen LogP contribution in [0.5, 0.6) is 0 Å². The second-order valence-corrected chi connectivity index (χ2v) is 12.8. The first-order valence-corrected chi connectivity index (χ1v) is 17.5. The molecule has 0 aliphatic heterocycles. The summed E-state index contributed by atoms with van der Waals surface area (Å²) in [5, 5.41) is 12.0. The lowest BCUT2D eigenvalue weighted by Gasteiger charge is -2.13. The van der Waals surface area contributed by atoms with Gasteiger partial charge in [0.05, 0.1) is 35.3 Å². The number of unbranched alkanes of at least 4 members (excludes halogenated alkanes) is 2. The number of imidazole rings is 2. The van der Waals surface area contributed by atoms with E-state index in [0.717, 1.165) is 74.4 Å². The van der Waals surface area contributed by atoms with Crippen LogP contribution in [0.3, 0.4) is 0 Å². The third-order valence-corrected chi connectivity index (χ3v) is 9.06. The molecule has 6 aromatic rings. The van der Waals surface area contributed by atoms with Gasteiger partial charge in [0.2, 0.25) is 0 Å². The number of aryl methyl sites for hydroxylation is 3. The quantitative estimate of drug-likeness (QED) is 0.0482. The Labute approximate surface area is 301 Å². The molecule has 2 aromatic heterocycles. The molecule has 0 aliphatic rings. The molecule has 6 rings (SSSR count). The van der Waals surface area contributed by atoms with Crippen LogP contribution in [0.4, 0.5) is 0 Å². The predicted octanol–water partition coefficient (Wildman–Crippen LogP) is 7.22. The van der Waals surface area contributed by atoms with Gasteiger partial charge in [-0.1, -0.05) is 61.5 Å². The SMILES string of the molecule is CCCc1nc2c(C)cc(-c3nc4ccccc4n3C)cc2n1Cc1ccc(-c2ccccc2C(=O)NCC(=O)OCCCCCO[N+](=O)[O-])cc1. The Morgan fingerprint density at radius 1 is 0.885 bits per heavy atom. The number of rotatable bonds is 16. The summed E-state index contributed by atoms with van der Waals surface area (Å²) in [6.07, 6.45) is 3.46. The first-order valence-electron chi connectivity index (χ1n) is 17.5. The van der Waals surface area contributed by atoms with E-state index in [1.807, 2.05) is 42.5 Å². The Bertz CT molecular complexity index is 2220. The Morgan fingerprint density at radius 2 is 1.63 bits per heavy atom. The molecule has 12 nitrogen and oxygen atoms in total. The Balaban J connectivity index is 1.16. The zero-order valence-corrected chi connectivity index (χ0v) is 29.6. The number of benzene rings is 4. The summed E-state index contributed by atoms with van der Waals surface area (Å²) in [4.78, 5) is 49.9. The minimum Gasteiger partial charge on any atom is -0.464 e. The summed E-state index contributed by atoms with van der Waals surface area (Å²) < 4.78 is 9.63. The first kappa shape index (κ1) is 35.8. The van der Waals surface area contributed by atoms with E-state index in [2.05, 4.69) is 70.5 Å². The van der Waals surface area contributed by atoms with Gasteiger partial charge in [0.1, 0.15) is 18.2 Å². The summed E-state index contributed by atoms with van der Waals surface area (Å²) in [5.74, 6) is 1.01. The standard InChI is InChI=1S/C40H42N6O6/c1-4-12-36-43-38-27(2)23-30(39-42-33-15-8-9-16-34(33)44(39)3)24-35(38)45(36)26-28-17-19-29(20-18-28)31-13-6-7-14-32(31)40(48)41-25-37(47)51-21-10-5-11-22-52-46(49)50/h6-9,13-20,23-24H,4-5,10-12,21-22,25-26H2,1-3H3,(H,41,48). The number of carbonyl (C=O) groups excluding carboxylic acids is 2. The third kappa shape index (κ3) is 8.12. The van der Waals surface area contributed by atoms with E-state index >= 15 is 0 Å². The highest BCUT2D eigenvalue weighted by molar-refractivity contribution is 6.02.